The first kappa shape index (κ1) is 35.4. The quantitative estimate of drug-likeness (QED) is 0.124. The minimum absolute atomic E-state index is 0.000542. The van der Waals surface area contributed by atoms with Crippen LogP contribution in [0.15, 0.2) is 97.1 Å². The van der Waals surface area contributed by atoms with Crippen LogP contribution in [0.5, 0.6) is 11.5 Å². The highest BCUT2D eigenvalue weighted by atomic mass is 35.5. The smallest absolute Gasteiger partial charge is 0.190 e. The van der Waals surface area contributed by atoms with Crippen molar-refractivity contribution in [2.45, 2.75) is 76.9 Å². The van der Waals surface area contributed by atoms with Gasteiger partial charge in [0.25, 0.3) is 0 Å². The molecule has 4 aromatic rings. The molecule has 0 aliphatic carbocycles. The lowest BCUT2D eigenvalue weighted by Gasteiger charge is -2.46. The number of rotatable bonds is 15. The Morgan fingerprint density at radius 1 is 0.796 bits per heavy atom. The lowest BCUT2D eigenvalue weighted by molar-refractivity contribution is -0.235. The van der Waals surface area contributed by atoms with E-state index in [2.05, 4.69) is 26.0 Å². The standard InChI is InChI=1S/C41H46ClFO6/c1-4-36-28(3)38(46-23-30-12-8-6-9-13-30)40(47-24-31-14-10-7-11-15-31)39(49-36)34-21-32(20-29-16-18-33(19-17-29)45-5-2)35(42)22-37(34)48-27-41(43)25-44-26-41/h6-19,21-22,28,36,38-40H,4-5,20,23-27H2,1-3H3/t28-,36-,38+,39+,40-/m1/s1. The van der Waals surface area contributed by atoms with E-state index in [4.69, 9.17) is 40.0 Å². The van der Waals surface area contributed by atoms with Gasteiger partial charge < -0.3 is 28.4 Å². The lowest BCUT2D eigenvalue weighted by Crippen LogP contribution is -2.52. The van der Waals surface area contributed by atoms with Crippen molar-refractivity contribution in [3.8, 4) is 11.5 Å². The summed E-state index contributed by atoms with van der Waals surface area (Å²) in [5.74, 6) is 1.32. The Hall–Kier alpha value is -3.46. The van der Waals surface area contributed by atoms with Crippen LogP contribution in [0.1, 0.15) is 61.1 Å². The summed E-state index contributed by atoms with van der Waals surface area (Å²) in [6, 6.07) is 32.1. The Morgan fingerprint density at radius 2 is 1.43 bits per heavy atom. The summed E-state index contributed by atoms with van der Waals surface area (Å²) >= 11 is 6.95. The number of hydrogen-bond acceptors (Lipinski definition) is 6. The SMILES string of the molecule is CCOc1ccc(Cc2cc([C@@H]3O[C@H](CC)[C@@H](C)[C@H](OCc4ccccc4)[C@H]3OCc3ccccc3)c(OCC3(F)COC3)cc2Cl)cc1. The van der Waals surface area contributed by atoms with Crippen molar-refractivity contribution in [3.05, 3.63) is 130 Å². The molecule has 260 valence electrons. The van der Waals surface area contributed by atoms with Crippen molar-refractivity contribution >= 4 is 11.6 Å². The molecule has 49 heavy (non-hydrogen) atoms. The predicted octanol–water partition coefficient (Wildman–Crippen LogP) is 9.10. The van der Waals surface area contributed by atoms with Crippen molar-refractivity contribution in [1.29, 1.82) is 0 Å². The molecule has 0 aromatic heterocycles. The maximum Gasteiger partial charge on any atom is 0.190 e. The van der Waals surface area contributed by atoms with Crippen LogP contribution >= 0.6 is 11.6 Å². The number of alkyl halides is 1. The molecular formula is C41H46ClFO6. The first-order chi connectivity index (χ1) is 23.9. The van der Waals surface area contributed by atoms with Gasteiger partial charge >= 0.3 is 0 Å². The minimum Gasteiger partial charge on any atom is -0.494 e. The van der Waals surface area contributed by atoms with Gasteiger partial charge in [0.1, 0.15) is 30.3 Å². The van der Waals surface area contributed by atoms with Crippen molar-refractivity contribution < 1.29 is 32.8 Å². The normalized spacial score (nSPS) is 23.1. The fourth-order valence-electron chi connectivity index (χ4n) is 6.56. The van der Waals surface area contributed by atoms with Gasteiger partial charge in [-0.3, -0.25) is 0 Å². The maximum atomic E-state index is 15.2. The molecule has 0 N–H and O–H groups in total. The molecule has 2 aliphatic heterocycles. The maximum absolute atomic E-state index is 15.2. The molecule has 0 unspecified atom stereocenters. The molecule has 0 amide bonds. The Bertz CT molecular complexity index is 1610. The molecular weight excluding hydrogens is 643 g/mol. The third-order valence-corrected chi connectivity index (χ3v) is 9.70. The molecule has 8 heteroatoms. The third-order valence-electron chi connectivity index (χ3n) is 9.34. The van der Waals surface area contributed by atoms with Gasteiger partial charge in [-0.25, -0.2) is 4.39 Å². The Kier molecular flexibility index (Phi) is 11.9. The summed E-state index contributed by atoms with van der Waals surface area (Å²) in [7, 11) is 0. The van der Waals surface area contributed by atoms with Crippen molar-refractivity contribution in [2.75, 3.05) is 26.4 Å². The second-order valence-corrected chi connectivity index (χ2v) is 13.5. The molecule has 2 saturated heterocycles. The Labute approximate surface area is 294 Å². The van der Waals surface area contributed by atoms with Crippen molar-refractivity contribution in [3.63, 3.8) is 0 Å². The Balaban J connectivity index is 1.38. The van der Waals surface area contributed by atoms with Gasteiger partial charge in [0.2, 0.25) is 0 Å². The highest BCUT2D eigenvalue weighted by Gasteiger charge is 2.47. The molecule has 0 radical (unpaired) electrons. The molecule has 5 atom stereocenters. The number of hydrogen-bond donors (Lipinski definition) is 0. The van der Waals surface area contributed by atoms with E-state index in [1.54, 1.807) is 6.07 Å². The van der Waals surface area contributed by atoms with E-state index < -0.39 is 17.9 Å². The average Bonchev–Trinajstić information content (AvgIpc) is 3.11. The van der Waals surface area contributed by atoms with Gasteiger partial charge in [-0.05, 0) is 66.3 Å². The topological polar surface area (TPSA) is 55.4 Å². The van der Waals surface area contributed by atoms with Crippen LogP contribution in [0.4, 0.5) is 4.39 Å². The minimum atomic E-state index is -1.55. The van der Waals surface area contributed by atoms with E-state index in [0.29, 0.717) is 37.0 Å². The van der Waals surface area contributed by atoms with Crippen LogP contribution in [-0.4, -0.2) is 50.4 Å². The summed E-state index contributed by atoms with van der Waals surface area (Å²) in [5, 5.41) is 0.528. The van der Waals surface area contributed by atoms with E-state index in [9.17, 15) is 0 Å². The molecule has 6 rings (SSSR count). The number of ether oxygens (including phenoxy) is 6. The molecule has 0 spiro atoms. The monoisotopic (exact) mass is 688 g/mol. The van der Waals surface area contributed by atoms with Gasteiger partial charge in [-0.15, -0.1) is 0 Å². The molecule has 0 saturated carbocycles. The zero-order valence-electron chi connectivity index (χ0n) is 28.5. The van der Waals surface area contributed by atoms with Crippen LogP contribution < -0.4 is 9.47 Å². The fourth-order valence-corrected chi connectivity index (χ4v) is 6.78. The van der Waals surface area contributed by atoms with Gasteiger partial charge in [0, 0.05) is 16.5 Å². The van der Waals surface area contributed by atoms with E-state index >= 15 is 4.39 Å². The summed E-state index contributed by atoms with van der Waals surface area (Å²) < 4.78 is 52.8. The Morgan fingerprint density at radius 3 is 2.00 bits per heavy atom. The summed E-state index contributed by atoms with van der Waals surface area (Å²) in [6.45, 7) is 7.50. The zero-order chi connectivity index (χ0) is 34.2. The van der Waals surface area contributed by atoms with Crippen molar-refractivity contribution in [1.82, 2.24) is 0 Å². The summed E-state index contributed by atoms with van der Waals surface area (Å²) in [4.78, 5) is 0. The van der Waals surface area contributed by atoms with Crippen LogP contribution in [0.3, 0.4) is 0 Å². The van der Waals surface area contributed by atoms with Crippen LogP contribution in [0.25, 0.3) is 0 Å². The lowest BCUT2D eigenvalue weighted by atomic mass is 9.83. The van der Waals surface area contributed by atoms with E-state index in [-0.39, 0.29) is 37.9 Å². The highest BCUT2D eigenvalue weighted by Crippen LogP contribution is 2.45. The van der Waals surface area contributed by atoms with Gasteiger partial charge in [0.15, 0.2) is 5.67 Å². The first-order valence-electron chi connectivity index (χ1n) is 17.3. The van der Waals surface area contributed by atoms with Crippen LogP contribution in [0, 0.1) is 5.92 Å². The highest BCUT2D eigenvalue weighted by molar-refractivity contribution is 6.31. The summed E-state index contributed by atoms with van der Waals surface area (Å²) in [6.07, 6.45) is -0.156. The van der Waals surface area contributed by atoms with Crippen LogP contribution in [0.2, 0.25) is 5.02 Å². The largest absolute Gasteiger partial charge is 0.494 e. The van der Waals surface area contributed by atoms with Gasteiger partial charge in [-0.2, -0.15) is 0 Å². The average molecular weight is 689 g/mol. The second kappa shape index (κ2) is 16.5. The molecule has 4 aromatic carbocycles. The fraction of sp³-hybridized carbons (Fsp3) is 0.415. The number of halogens is 2. The molecule has 2 aliphatic rings. The van der Waals surface area contributed by atoms with E-state index in [0.717, 1.165) is 40.0 Å². The molecule has 0 bridgehead atoms. The third kappa shape index (κ3) is 8.83. The molecule has 6 nitrogen and oxygen atoms in total. The van der Waals surface area contributed by atoms with Crippen molar-refractivity contribution in [2.24, 2.45) is 5.92 Å². The summed E-state index contributed by atoms with van der Waals surface area (Å²) in [5.41, 5.74) is 3.30. The number of benzene rings is 4. The molecule has 2 fully saturated rings. The molecule has 2 heterocycles. The zero-order valence-corrected chi connectivity index (χ0v) is 29.2. The second-order valence-electron chi connectivity index (χ2n) is 13.1. The van der Waals surface area contributed by atoms with Crippen LogP contribution in [-0.2, 0) is 38.6 Å². The van der Waals surface area contributed by atoms with Gasteiger partial charge in [0.05, 0.1) is 45.2 Å². The van der Waals surface area contributed by atoms with Gasteiger partial charge in [-0.1, -0.05) is 98.2 Å². The van der Waals surface area contributed by atoms with E-state index in [1.165, 1.54) is 0 Å². The first-order valence-corrected chi connectivity index (χ1v) is 17.6. The van der Waals surface area contributed by atoms with E-state index in [1.807, 2.05) is 85.8 Å². The predicted molar refractivity (Wildman–Crippen MR) is 189 cm³/mol.